The van der Waals surface area contributed by atoms with E-state index in [4.69, 9.17) is 9.47 Å². The molecule has 0 aromatic heterocycles. The summed E-state index contributed by atoms with van der Waals surface area (Å²) in [4.78, 5) is 17.0. The molecular weight excluding hydrogens is 371 g/mol. The van der Waals surface area contributed by atoms with Gasteiger partial charge in [0, 0.05) is 38.3 Å². The summed E-state index contributed by atoms with van der Waals surface area (Å²) in [5.74, 6) is 1.29. The monoisotopic (exact) mass is 398 g/mol. The van der Waals surface area contributed by atoms with Crippen LogP contribution in [-0.4, -0.2) is 56.1 Å². The number of methoxy groups -OCH3 is 2. The van der Waals surface area contributed by atoms with Gasteiger partial charge in [-0.2, -0.15) is 0 Å². The Balaban J connectivity index is 1.33. The summed E-state index contributed by atoms with van der Waals surface area (Å²) in [5, 5.41) is 0. The molecule has 2 aromatic carbocycles. The Morgan fingerprint density at radius 1 is 0.931 bits per heavy atom. The lowest BCUT2D eigenvalue weighted by Gasteiger charge is -2.32. The summed E-state index contributed by atoms with van der Waals surface area (Å²) < 4.78 is 24.2. The number of carbonyl (C=O) groups is 1. The predicted molar refractivity (Wildman–Crippen MR) is 109 cm³/mol. The van der Waals surface area contributed by atoms with Gasteiger partial charge in [0.05, 0.1) is 14.2 Å². The Kier molecular flexibility index (Phi) is 5.72. The molecule has 0 fully saturated rings. The minimum absolute atomic E-state index is 0.0204. The Labute approximate surface area is 171 Å². The summed E-state index contributed by atoms with van der Waals surface area (Å²) in [7, 11) is 3.32. The number of benzene rings is 2. The van der Waals surface area contributed by atoms with Crippen LogP contribution in [0.4, 0.5) is 4.39 Å². The van der Waals surface area contributed by atoms with E-state index in [0.717, 1.165) is 62.5 Å². The Hall–Kier alpha value is -2.60. The van der Waals surface area contributed by atoms with Crippen molar-refractivity contribution in [3.05, 3.63) is 58.4 Å². The highest BCUT2D eigenvalue weighted by molar-refractivity contribution is 5.96. The molecule has 0 spiro atoms. The number of hydrogen-bond donors (Lipinski definition) is 0. The average Bonchev–Trinajstić information content (AvgIpc) is 2.74. The molecule has 0 unspecified atom stereocenters. The molecule has 0 radical (unpaired) electrons. The van der Waals surface area contributed by atoms with Gasteiger partial charge in [-0.1, -0.05) is 0 Å². The van der Waals surface area contributed by atoms with Crippen molar-refractivity contribution in [2.45, 2.75) is 25.8 Å². The molecule has 0 saturated carbocycles. The van der Waals surface area contributed by atoms with Crippen LogP contribution in [0.25, 0.3) is 0 Å². The number of nitrogens with zero attached hydrogens (tertiary/aromatic N) is 2. The van der Waals surface area contributed by atoms with Gasteiger partial charge in [-0.15, -0.1) is 0 Å². The largest absolute Gasteiger partial charge is 0.493 e. The maximum Gasteiger partial charge on any atom is 0.254 e. The molecule has 29 heavy (non-hydrogen) atoms. The maximum atomic E-state index is 13.4. The van der Waals surface area contributed by atoms with Crippen LogP contribution in [0.1, 0.15) is 33.5 Å². The summed E-state index contributed by atoms with van der Waals surface area (Å²) in [6, 6.07) is 8.62. The number of halogens is 1. The SMILES string of the molecule is COc1cc2c(cc1OC)CN(CCCN1CCc3cc(F)ccc3C1=O)CC2. The zero-order valence-electron chi connectivity index (χ0n) is 17.0. The van der Waals surface area contributed by atoms with E-state index in [2.05, 4.69) is 17.0 Å². The number of hydrogen-bond acceptors (Lipinski definition) is 4. The fourth-order valence-electron chi connectivity index (χ4n) is 4.34. The van der Waals surface area contributed by atoms with Gasteiger partial charge in [-0.25, -0.2) is 4.39 Å². The lowest BCUT2D eigenvalue weighted by atomic mass is 9.98. The average molecular weight is 398 g/mol. The van der Waals surface area contributed by atoms with Crippen LogP contribution >= 0.6 is 0 Å². The van der Waals surface area contributed by atoms with E-state index < -0.39 is 0 Å². The van der Waals surface area contributed by atoms with Crippen molar-refractivity contribution in [3.8, 4) is 11.5 Å². The highest BCUT2D eigenvalue weighted by atomic mass is 19.1. The smallest absolute Gasteiger partial charge is 0.254 e. The molecule has 6 heteroatoms. The molecule has 2 aromatic rings. The van der Waals surface area contributed by atoms with Gasteiger partial charge >= 0.3 is 0 Å². The van der Waals surface area contributed by atoms with E-state index >= 15 is 0 Å². The van der Waals surface area contributed by atoms with Crippen molar-refractivity contribution < 1.29 is 18.7 Å². The van der Waals surface area contributed by atoms with E-state index in [9.17, 15) is 9.18 Å². The standard InChI is InChI=1S/C23H27FN2O3/c1-28-21-13-16-6-10-25(15-18(16)14-22(21)29-2)8-3-9-26-11-7-17-12-19(24)4-5-20(17)23(26)27/h4-5,12-14H,3,6-11,15H2,1-2H3. The molecular formula is C23H27FN2O3. The van der Waals surface area contributed by atoms with E-state index in [-0.39, 0.29) is 11.7 Å². The van der Waals surface area contributed by atoms with Crippen LogP contribution in [0.15, 0.2) is 30.3 Å². The highest BCUT2D eigenvalue weighted by Crippen LogP contribution is 2.33. The van der Waals surface area contributed by atoms with E-state index in [1.54, 1.807) is 20.3 Å². The van der Waals surface area contributed by atoms with Gasteiger partial charge in [0.25, 0.3) is 5.91 Å². The first-order valence-electron chi connectivity index (χ1n) is 10.1. The summed E-state index contributed by atoms with van der Waals surface area (Å²) in [5.41, 5.74) is 4.06. The van der Waals surface area contributed by atoms with Crippen molar-refractivity contribution >= 4 is 5.91 Å². The number of amides is 1. The Morgan fingerprint density at radius 2 is 1.66 bits per heavy atom. The molecule has 0 N–H and O–H groups in total. The van der Waals surface area contributed by atoms with Gasteiger partial charge in [-0.3, -0.25) is 9.69 Å². The molecule has 4 rings (SSSR count). The molecule has 0 atom stereocenters. The first-order valence-corrected chi connectivity index (χ1v) is 10.1. The number of ether oxygens (including phenoxy) is 2. The molecule has 1 amide bonds. The number of fused-ring (bicyclic) bond motifs is 2. The molecule has 0 saturated heterocycles. The molecule has 0 aliphatic carbocycles. The predicted octanol–water partition coefficient (Wildman–Crippen LogP) is 3.29. The second kappa shape index (κ2) is 8.41. The number of rotatable bonds is 6. The van der Waals surface area contributed by atoms with Crippen LogP contribution in [0.5, 0.6) is 11.5 Å². The Morgan fingerprint density at radius 3 is 2.41 bits per heavy atom. The quantitative estimate of drug-likeness (QED) is 0.749. The third-order valence-corrected chi connectivity index (χ3v) is 5.94. The van der Waals surface area contributed by atoms with Crippen LogP contribution in [-0.2, 0) is 19.4 Å². The van der Waals surface area contributed by atoms with Gasteiger partial charge < -0.3 is 14.4 Å². The summed E-state index contributed by atoms with van der Waals surface area (Å²) >= 11 is 0. The molecule has 154 valence electrons. The molecule has 5 nitrogen and oxygen atoms in total. The molecule has 2 aliphatic rings. The van der Waals surface area contributed by atoms with Crippen LogP contribution < -0.4 is 9.47 Å². The topological polar surface area (TPSA) is 42.0 Å². The second-order valence-electron chi connectivity index (χ2n) is 7.70. The minimum Gasteiger partial charge on any atom is -0.493 e. The Bertz CT molecular complexity index is 915. The zero-order chi connectivity index (χ0) is 20.4. The van der Waals surface area contributed by atoms with E-state index in [1.165, 1.54) is 23.3 Å². The fraction of sp³-hybridized carbons (Fsp3) is 0.435. The lowest BCUT2D eigenvalue weighted by Crippen LogP contribution is -2.40. The summed E-state index contributed by atoms with van der Waals surface area (Å²) in [6.45, 7) is 4.21. The van der Waals surface area contributed by atoms with Gasteiger partial charge in [0.1, 0.15) is 5.82 Å². The number of carbonyl (C=O) groups excluding carboxylic acids is 1. The van der Waals surface area contributed by atoms with Gasteiger partial charge in [0.15, 0.2) is 11.5 Å². The third-order valence-electron chi connectivity index (χ3n) is 5.94. The van der Waals surface area contributed by atoms with E-state index in [0.29, 0.717) is 12.1 Å². The van der Waals surface area contributed by atoms with Crippen LogP contribution in [0.3, 0.4) is 0 Å². The van der Waals surface area contributed by atoms with Crippen LogP contribution in [0, 0.1) is 5.82 Å². The normalized spacial score (nSPS) is 16.4. The second-order valence-corrected chi connectivity index (χ2v) is 7.70. The third kappa shape index (κ3) is 4.08. The molecule has 2 aliphatic heterocycles. The maximum absolute atomic E-state index is 13.4. The first-order chi connectivity index (χ1) is 14.1. The van der Waals surface area contributed by atoms with Crippen molar-refractivity contribution in [2.24, 2.45) is 0 Å². The molecule has 2 heterocycles. The van der Waals surface area contributed by atoms with Gasteiger partial charge in [-0.05, 0) is 66.3 Å². The lowest BCUT2D eigenvalue weighted by molar-refractivity contribution is 0.0730. The highest BCUT2D eigenvalue weighted by Gasteiger charge is 2.25. The molecule has 0 bridgehead atoms. The van der Waals surface area contributed by atoms with Crippen LogP contribution in [0.2, 0.25) is 0 Å². The van der Waals surface area contributed by atoms with Crippen molar-refractivity contribution in [1.29, 1.82) is 0 Å². The van der Waals surface area contributed by atoms with Crippen molar-refractivity contribution in [2.75, 3.05) is 40.4 Å². The minimum atomic E-state index is -0.273. The zero-order valence-corrected chi connectivity index (χ0v) is 17.0. The van der Waals surface area contributed by atoms with Crippen molar-refractivity contribution in [3.63, 3.8) is 0 Å². The fourth-order valence-corrected chi connectivity index (χ4v) is 4.34. The van der Waals surface area contributed by atoms with Crippen molar-refractivity contribution in [1.82, 2.24) is 9.80 Å². The first kappa shape index (κ1) is 19.7. The van der Waals surface area contributed by atoms with Gasteiger partial charge in [0.2, 0.25) is 0 Å². The summed E-state index contributed by atoms with van der Waals surface area (Å²) in [6.07, 6.45) is 2.62. The van der Waals surface area contributed by atoms with E-state index in [1.807, 2.05) is 4.90 Å².